The number of fused-ring (bicyclic) bond motifs is 17. The van der Waals surface area contributed by atoms with Crippen LogP contribution in [0.4, 0.5) is 0 Å². The Morgan fingerprint density at radius 2 is 0.598 bits per heavy atom. The van der Waals surface area contributed by atoms with Crippen LogP contribution in [0.15, 0.2) is 195 Å². The number of para-hydroxylation sites is 6. The monoisotopic (exact) mass is 1510 g/mol. The van der Waals surface area contributed by atoms with Crippen molar-refractivity contribution in [2.75, 3.05) is 21.3 Å². The van der Waals surface area contributed by atoms with Crippen molar-refractivity contribution in [3.05, 3.63) is 242 Å². The summed E-state index contributed by atoms with van der Waals surface area (Å²) >= 11 is 6.00. The zero-order valence-corrected chi connectivity index (χ0v) is 67.4. The molecule has 1 atom stereocenters. The number of ether oxygens (including phenoxy) is 3. The number of phenols is 2. The quantitative estimate of drug-likeness (QED) is 0.155. The summed E-state index contributed by atoms with van der Waals surface area (Å²) in [5.41, 5.74) is 16.5. The number of hydrogen-bond donors (Lipinski definition) is 2. The maximum atomic E-state index is 11.6. The molecular weight excluding hydrogens is 1420 g/mol. The Hall–Kier alpha value is -9.21. The summed E-state index contributed by atoms with van der Waals surface area (Å²) < 4.78 is 70.7. The topological polar surface area (TPSA) is 165 Å². The van der Waals surface area contributed by atoms with Gasteiger partial charge in [-0.1, -0.05) is 198 Å². The summed E-state index contributed by atoms with van der Waals surface area (Å²) in [6.07, 6.45) is 6.75. The van der Waals surface area contributed by atoms with Gasteiger partial charge in [0.05, 0.1) is 21.3 Å². The fourth-order valence-corrected chi connectivity index (χ4v) is 20.5. The Morgan fingerprint density at radius 3 is 0.907 bits per heavy atom. The van der Waals surface area contributed by atoms with Crippen LogP contribution in [-0.4, -0.2) is 31.5 Å². The minimum atomic E-state index is -1.94. The highest BCUT2D eigenvalue weighted by atomic mass is 35.7. The van der Waals surface area contributed by atoms with E-state index in [-0.39, 0.29) is 21.7 Å². The van der Waals surface area contributed by atoms with Crippen LogP contribution < -0.4 is 23.3 Å². The van der Waals surface area contributed by atoms with Crippen molar-refractivity contribution in [2.24, 2.45) is 0 Å². The molecule has 13 aromatic rings. The number of rotatable bonds is 7. The lowest BCUT2D eigenvalue weighted by atomic mass is 9.71. The first-order valence-electron chi connectivity index (χ1n) is 36.9. The lowest BCUT2D eigenvalue weighted by molar-refractivity contribution is 0.387. The highest BCUT2D eigenvalue weighted by Gasteiger charge is 2.54. The van der Waals surface area contributed by atoms with Gasteiger partial charge in [0, 0.05) is 116 Å². The molecule has 4 aliphatic carbocycles. The Morgan fingerprint density at radius 1 is 0.346 bits per heavy atom. The normalized spacial score (nSPS) is 15.6. The van der Waals surface area contributed by atoms with Crippen LogP contribution in [0.2, 0.25) is 0 Å². The first-order chi connectivity index (χ1) is 51.0. The van der Waals surface area contributed by atoms with Gasteiger partial charge in [0.1, 0.15) is 73.7 Å². The fraction of sp³-hybridized carbons (Fsp3) is 0.333. The van der Waals surface area contributed by atoms with Crippen LogP contribution in [0, 0.1) is 6.92 Å². The van der Waals surface area contributed by atoms with E-state index in [4.69, 9.17) is 59.7 Å². The minimum absolute atomic E-state index is 0.232. The highest BCUT2D eigenvalue weighted by molar-refractivity contribution is 7.68. The van der Waals surface area contributed by atoms with Crippen molar-refractivity contribution < 1.29 is 58.7 Å². The number of halogens is 1. The molecule has 0 amide bonds. The molecule has 0 radical (unpaired) electrons. The zero-order chi connectivity index (χ0) is 75.4. The second-order valence-electron chi connectivity index (χ2n) is 32.9. The van der Waals surface area contributed by atoms with Gasteiger partial charge in [-0.15, -0.1) is 0 Å². The van der Waals surface area contributed by atoms with E-state index >= 15 is 0 Å². The summed E-state index contributed by atoms with van der Waals surface area (Å²) in [6, 6.07) is 56.5. The Labute approximate surface area is 633 Å². The Kier molecular flexibility index (Phi) is 19.0. The van der Waals surface area contributed by atoms with E-state index in [1.807, 2.05) is 133 Å². The van der Waals surface area contributed by atoms with E-state index in [0.717, 1.165) is 202 Å². The van der Waals surface area contributed by atoms with Crippen molar-refractivity contribution >= 4 is 101 Å². The van der Waals surface area contributed by atoms with E-state index in [9.17, 15) is 10.2 Å². The molecule has 107 heavy (non-hydrogen) atoms. The average molecular weight is 1510 g/mol. The molecule has 0 saturated heterocycles. The van der Waals surface area contributed by atoms with Crippen LogP contribution in [0.3, 0.4) is 0 Å². The second-order valence-corrected chi connectivity index (χ2v) is 36.5. The average Bonchev–Trinajstić information content (AvgIpc) is 1.55. The lowest BCUT2D eigenvalue weighted by Gasteiger charge is -2.34. The molecule has 2 spiro atoms. The van der Waals surface area contributed by atoms with Gasteiger partial charge in [-0.05, 0) is 146 Å². The van der Waals surface area contributed by atoms with E-state index < -0.39 is 34.7 Å². The standard InChI is InChI=1S/C51H50O7P2.C27H36O4.C12H8ClO2P/c1-31-29-38(49(2,3)4)47(57-59-53-40-21-13-9-17-33(40)34-18-10-14-22-41(34)54-59)45-32(31)25-27-51(45)28-26-37-44(52-8)30-39(50(5,6)7)48(46(37)51)58-60-55-42-23-15-11-19-35(42)36-20-12-16-24-43(36)56-60;1-25(2,3)17-13-19(30-7)15-9-11-27(21(15)23(17)28)12-10-16-20(31-8)14-18(26(4,5)6)24(29)22(16)27;13-16-14-11-7-3-1-5-9(11)10-6-2-4-8-12(10)15-16/h9-24,29-30H,25-28H2,1-8H3;13-14,28-29H,9-12H2,1-8H3;1-8H. The van der Waals surface area contributed by atoms with Crippen LogP contribution in [-0.2, 0) is 58.2 Å². The Balaban J connectivity index is 0.000000160. The van der Waals surface area contributed by atoms with Gasteiger partial charge in [0.15, 0.2) is 0 Å². The molecule has 0 saturated carbocycles. The molecule has 4 aliphatic rings. The van der Waals surface area contributed by atoms with Crippen molar-refractivity contribution in [3.63, 3.8) is 0 Å². The summed E-state index contributed by atoms with van der Waals surface area (Å²) in [5.74, 6) is 4.88. The number of methoxy groups -OCH3 is 3. The highest BCUT2D eigenvalue weighted by Crippen LogP contribution is 2.66. The third-order valence-corrected chi connectivity index (χ3v) is 25.4. The van der Waals surface area contributed by atoms with Crippen molar-refractivity contribution in [2.45, 2.75) is 174 Å². The van der Waals surface area contributed by atoms with Gasteiger partial charge in [0.2, 0.25) is 0 Å². The van der Waals surface area contributed by atoms with E-state index in [2.05, 4.69) is 126 Å². The van der Waals surface area contributed by atoms with Gasteiger partial charge in [-0.3, -0.25) is 0 Å². The predicted octanol–water partition coefficient (Wildman–Crippen LogP) is 26.8. The summed E-state index contributed by atoms with van der Waals surface area (Å²) in [4.78, 5) is 0. The molecule has 17 heteroatoms. The molecule has 0 aliphatic heterocycles. The summed E-state index contributed by atoms with van der Waals surface area (Å²) in [7, 11) is -0.112. The van der Waals surface area contributed by atoms with Gasteiger partial charge in [0.25, 0.3) is 0 Å². The number of aromatic hydroxyl groups is 2. The number of hydrogen-bond acceptors (Lipinski definition) is 13. The smallest absolute Gasteiger partial charge is 0.453 e. The van der Waals surface area contributed by atoms with E-state index in [0.29, 0.717) is 11.5 Å². The van der Waals surface area contributed by atoms with Crippen LogP contribution in [0.25, 0.3) is 65.8 Å². The summed E-state index contributed by atoms with van der Waals surface area (Å²) in [5, 5.41) is 29.1. The van der Waals surface area contributed by atoms with Crippen molar-refractivity contribution in [1.82, 2.24) is 0 Å². The molecule has 554 valence electrons. The molecule has 2 N–H and O–H groups in total. The van der Waals surface area contributed by atoms with Crippen molar-refractivity contribution in [1.29, 1.82) is 0 Å². The van der Waals surface area contributed by atoms with Crippen LogP contribution in [0.5, 0.6) is 40.2 Å². The van der Waals surface area contributed by atoms with E-state index in [1.54, 1.807) is 21.3 Å². The molecule has 1 unspecified atom stereocenters. The number of aryl methyl sites for hydroxylation is 1. The van der Waals surface area contributed by atoms with Gasteiger partial charge >= 0.3 is 23.8 Å². The minimum Gasteiger partial charge on any atom is -0.507 e. The molecule has 3 heterocycles. The molecule has 10 aromatic carbocycles. The first-order valence-corrected chi connectivity index (χ1v) is 41.2. The predicted molar refractivity (Wildman–Crippen MR) is 435 cm³/mol. The Bertz CT molecular complexity index is 5560. The zero-order valence-electron chi connectivity index (χ0n) is 63.9. The fourth-order valence-electron chi connectivity index (χ4n) is 17.2. The van der Waals surface area contributed by atoms with Gasteiger partial charge < -0.3 is 58.7 Å². The number of phenolic OH excluding ortho intramolecular Hbond substituents is 2. The van der Waals surface area contributed by atoms with Gasteiger partial charge in [-0.2, -0.15) is 0 Å². The lowest BCUT2D eigenvalue weighted by Crippen LogP contribution is -2.26. The maximum Gasteiger partial charge on any atom is 0.453 e. The first kappa shape index (κ1) is 73.3. The SMILES string of the molecule is COc1cc(C(C)(C)C)c(O)c2c1CCC21CCc2c(OC)cc(C(C)(C)C)c(O)c21.COc1cc(C(C)(C)C)c(Op2oc3ccccc3c3ccccc3o2)c2c1CCC21CCc2c(C)cc(C(C)(C)C)c(Op3oc4ccccc4c4ccccc4o3)c21.Clp1oc2ccccc2c2ccccc2o1. The molecule has 0 fully saturated rings. The largest absolute Gasteiger partial charge is 0.507 e. The molecule has 17 rings (SSSR count). The van der Waals surface area contributed by atoms with E-state index in [1.165, 1.54) is 16.7 Å². The van der Waals surface area contributed by atoms with Crippen molar-refractivity contribution in [3.8, 4) is 40.2 Å². The third kappa shape index (κ3) is 13.0. The molecule has 0 bridgehead atoms. The van der Waals surface area contributed by atoms with Gasteiger partial charge in [-0.25, -0.2) is 0 Å². The molecular formula is C90H94ClO13P3. The second kappa shape index (κ2) is 27.8. The maximum absolute atomic E-state index is 11.6. The third-order valence-electron chi connectivity index (χ3n) is 22.3. The summed E-state index contributed by atoms with van der Waals surface area (Å²) in [6.45, 7) is 28.3. The molecule has 3 aromatic heterocycles. The molecule has 13 nitrogen and oxygen atoms in total. The van der Waals surface area contributed by atoms with Crippen LogP contribution >= 0.6 is 35.1 Å². The van der Waals surface area contributed by atoms with Crippen LogP contribution in [0.1, 0.15) is 181 Å². The number of benzene rings is 10.